The Morgan fingerprint density at radius 2 is 2.18 bits per heavy atom. The van der Waals surface area contributed by atoms with E-state index in [0.29, 0.717) is 25.7 Å². The summed E-state index contributed by atoms with van der Waals surface area (Å²) in [6.45, 7) is 1.76. The van der Waals surface area contributed by atoms with Gasteiger partial charge in [0.15, 0.2) is 5.96 Å². The van der Waals surface area contributed by atoms with E-state index in [9.17, 15) is 8.42 Å². The van der Waals surface area contributed by atoms with Crippen LogP contribution in [0.2, 0.25) is 0 Å². The van der Waals surface area contributed by atoms with Crippen molar-refractivity contribution in [3.05, 3.63) is 0 Å². The highest BCUT2D eigenvalue weighted by Crippen LogP contribution is 2.27. The molecule has 2 unspecified atom stereocenters. The maximum Gasteiger partial charge on any atom is 0.214 e. The first-order valence-corrected chi connectivity index (χ1v) is 10.4. The van der Waals surface area contributed by atoms with Gasteiger partial charge in [-0.2, -0.15) is 11.8 Å². The molecule has 1 aliphatic carbocycles. The summed E-state index contributed by atoms with van der Waals surface area (Å²) in [5, 5.41) is 7.40. The number of nitrogens with zero attached hydrogens (tertiary/aromatic N) is 2. The monoisotopic (exact) mass is 462 g/mol. The lowest BCUT2D eigenvalue weighted by Gasteiger charge is -2.19. The van der Waals surface area contributed by atoms with Crippen LogP contribution in [0.4, 0.5) is 0 Å². The molecule has 9 heteroatoms. The molecular weight excluding hydrogens is 435 g/mol. The van der Waals surface area contributed by atoms with Gasteiger partial charge in [0, 0.05) is 38.0 Å². The van der Waals surface area contributed by atoms with E-state index >= 15 is 0 Å². The molecule has 1 saturated carbocycles. The van der Waals surface area contributed by atoms with Crippen molar-refractivity contribution in [3.63, 3.8) is 0 Å². The van der Waals surface area contributed by atoms with Crippen molar-refractivity contribution in [2.75, 3.05) is 38.7 Å². The Bertz CT molecular complexity index is 473. The van der Waals surface area contributed by atoms with Crippen molar-refractivity contribution in [2.24, 2.45) is 4.99 Å². The SMILES string of the molecule is CN=C(NCCN1CCCS1(=O)=O)NC1CCC(SC)C1.I. The number of aliphatic imine (C=N–C) groups is 1. The van der Waals surface area contributed by atoms with Crippen molar-refractivity contribution in [1.82, 2.24) is 14.9 Å². The van der Waals surface area contributed by atoms with E-state index in [1.54, 1.807) is 11.4 Å². The van der Waals surface area contributed by atoms with Crippen LogP contribution in [-0.4, -0.2) is 68.7 Å². The highest BCUT2D eigenvalue weighted by Gasteiger charge is 2.28. The summed E-state index contributed by atoms with van der Waals surface area (Å²) in [4.78, 5) is 4.22. The zero-order chi connectivity index (χ0) is 15.3. The lowest BCUT2D eigenvalue weighted by Crippen LogP contribution is -2.45. The van der Waals surface area contributed by atoms with Gasteiger partial charge in [0.25, 0.3) is 0 Å². The Labute approximate surface area is 155 Å². The third kappa shape index (κ3) is 5.72. The molecule has 2 atom stereocenters. The molecule has 2 fully saturated rings. The molecule has 0 aromatic carbocycles. The van der Waals surface area contributed by atoms with E-state index in [2.05, 4.69) is 21.9 Å². The fourth-order valence-corrected chi connectivity index (χ4v) is 5.24. The lowest BCUT2D eigenvalue weighted by molar-refractivity contribution is 0.444. The smallest absolute Gasteiger partial charge is 0.214 e. The maximum absolute atomic E-state index is 11.7. The second-order valence-electron chi connectivity index (χ2n) is 5.58. The summed E-state index contributed by atoms with van der Waals surface area (Å²) in [5.74, 6) is 1.07. The summed E-state index contributed by atoms with van der Waals surface area (Å²) in [5.41, 5.74) is 0. The van der Waals surface area contributed by atoms with Crippen LogP contribution in [0.15, 0.2) is 4.99 Å². The van der Waals surface area contributed by atoms with Gasteiger partial charge in [-0.1, -0.05) is 0 Å². The minimum atomic E-state index is -2.99. The van der Waals surface area contributed by atoms with Gasteiger partial charge in [0.1, 0.15) is 0 Å². The van der Waals surface area contributed by atoms with Gasteiger partial charge in [-0.15, -0.1) is 24.0 Å². The maximum atomic E-state index is 11.7. The van der Waals surface area contributed by atoms with Crippen LogP contribution < -0.4 is 10.6 Å². The average molecular weight is 462 g/mol. The van der Waals surface area contributed by atoms with E-state index in [1.807, 2.05) is 11.8 Å². The molecule has 1 saturated heterocycles. The second kappa shape index (κ2) is 9.53. The molecular formula is C13H27IN4O2S2. The van der Waals surface area contributed by atoms with Gasteiger partial charge in [-0.05, 0) is 31.9 Å². The highest BCUT2D eigenvalue weighted by atomic mass is 127. The molecule has 130 valence electrons. The molecule has 0 spiro atoms. The summed E-state index contributed by atoms with van der Waals surface area (Å²) in [6.07, 6.45) is 6.50. The van der Waals surface area contributed by atoms with E-state index < -0.39 is 10.0 Å². The minimum absolute atomic E-state index is 0. The summed E-state index contributed by atoms with van der Waals surface area (Å²) in [6, 6.07) is 0.476. The zero-order valence-corrected chi connectivity index (χ0v) is 17.2. The molecule has 2 rings (SSSR count). The second-order valence-corrected chi connectivity index (χ2v) is 8.81. The van der Waals surface area contributed by atoms with Crippen LogP contribution >= 0.6 is 35.7 Å². The van der Waals surface area contributed by atoms with Crippen molar-refractivity contribution in [2.45, 2.75) is 37.0 Å². The standard InChI is InChI=1S/C13H26N4O2S2.HI/c1-14-13(16-11-4-5-12(10-11)20-2)15-6-8-17-7-3-9-21(17,18)19;/h11-12H,3-10H2,1-2H3,(H2,14,15,16);1H. The molecule has 1 heterocycles. The topological polar surface area (TPSA) is 73.8 Å². The Kier molecular flexibility index (Phi) is 8.80. The summed E-state index contributed by atoms with van der Waals surface area (Å²) in [7, 11) is -1.24. The molecule has 0 aromatic heterocycles. The fourth-order valence-electron chi connectivity index (χ4n) is 2.91. The number of hydrogen-bond donors (Lipinski definition) is 2. The van der Waals surface area contributed by atoms with Crippen LogP contribution in [0, 0.1) is 0 Å². The van der Waals surface area contributed by atoms with E-state index in [1.165, 1.54) is 19.3 Å². The molecule has 2 aliphatic rings. The molecule has 6 nitrogen and oxygen atoms in total. The van der Waals surface area contributed by atoms with Gasteiger partial charge >= 0.3 is 0 Å². The Hall–Kier alpha value is 0.260. The third-order valence-corrected chi connectivity index (χ3v) is 7.19. The molecule has 22 heavy (non-hydrogen) atoms. The first kappa shape index (κ1) is 20.3. The first-order valence-electron chi connectivity index (χ1n) is 7.53. The van der Waals surface area contributed by atoms with Crippen LogP contribution in [0.5, 0.6) is 0 Å². The first-order chi connectivity index (χ1) is 10.0. The summed E-state index contributed by atoms with van der Waals surface area (Å²) < 4.78 is 25.0. The van der Waals surface area contributed by atoms with E-state index in [-0.39, 0.29) is 29.7 Å². The number of thioether (sulfide) groups is 1. The Balaban J connectivity index is 0.00000242. The molecule has 0 radical (unpaired) electrons. The predicted molar refractivity (Wildman–Crippen MR) is 105 cm³/mol. The Morgan fingerprint density at radius 3 is 2.73 bits per heavy atom. The normalized spacial score (nSPS) is 28.4. The Morgan fingerprint density at radius 1 is 1.41 bits per heavy atom. The van der Waals surface area contributed by atoms with Gasteiger partial charge < -0.3 is 10.6 Å². The molecule has 0 amide bonds. The number of halogens is 1. The lowest BCUT2D eigenvalue weighted by atomic mass is 10.2. The minimum Gasteiger partial charge on any atom is -0.355 e. The fraction of sp³-hybridized carbons (Fsp3) is 0.923. The molecule has 0 bridgehead atoms. The van der Waals surface area contributed by atoms with Crippen LogP contribution in [0.25, 0.3) is 0 Å². The van der Waals surface area contributed by atoms with Crippen LogP contribution in [-0.2, 0) is 10.0 Å². The van der Waals surface area contributed by atoms with Crippen molar-refractivity contribution >= 4 is 51.7 Å². The zero-order valence-electron chi connectivity index (χ0n) is 13.2. The quantitative estimate of drug-likeness (QED) is 0.364. The number of guanidine groups is 1. The van der Waals surface area contributed by atoms with Crippen LogP contribution in [0.3, 0.4) is 0 Å². The number of sulfonamides is 1. The van der Waals surface area contributed by atoms with Crippen molar-refractivity contribution < 1.29 is 8.42 Å². The highest BCUT2D eigenvalue weighted by molar-refractivity contribution is 14.0. The van der Waals surface area contributed by atoms with Crippen molar-refractivity contribution in [3.8, 4) is 0 Å². The van der Waals surface area contributed by atoms with Crippen molar-refractivity contribution in [1.29, 1.82) is 0 Å². The van der Waals surface area contributed by atoms with E-state index in [4.69, 9.17) is 0 Å². The van der Waals surface area contributed by atoms with Gasteiger partial charge in [-0.3, -0.25) is 4.99 Å². The third-order valence-electron chi connectivity index (χ3n) is 4.14. The number of rotatable bonds is 5. The largest absolute Gasteiger partial charge is 0.355 e. The molecule has 1 aliphatic heterocycles. The van der Waals surface area contributed by atoms with Gasteiger partial charge in [-0.25, -0.2) is 12.7 Å². The van der Waals surface area contributed by atoms with Gasteiger partial charge in [0.05, 0.1) is 5.75 Å². The summed E-state index contributed by atoms with van der Waals surface area (Å²) >= 11 is 1.93. The van der Waals surface area contributed by atoms with Crippen LogP contribution in [0.1, 0.15) is 25.7 Å². The molecule has 2 N–H and O–H groups in total. The predicted octanol–water partition coefficient (Wildman–Crippen LogP) is 1.09. The molecule has 0 aromatic rings. The number of nitrogens with one attached hydrogen (secondary N) is 2. The number of hydrogen-bond acceptors (Lipinski definition) is 4. The van der Waals surface area contributed by atoms with Gasteiger partial charge in [0.2, 0.25) is 10.0 Å². The van der Waals surface area contributed by atoms with E-state index in [0.717, 1.165) is 17.6 Å². The average Bonchev–Trinajstić information content (AvgIpc) is 3.04.